The molecule has 0 aromatic heterocycles. The van der Waals surface area contributed by atoms with Crippen LogP contribution in [0.2, 0.25) is 0 Å². The summed E-state index contributed by atoms with van der Waals surface area (Å²) in [4.78, 5) is 22.7. The molecular formula is C7H10NO2S+. The molecule has 0 radical (unpaired) electrons. The number of carbonyl (C=O) groups excluding carboxylic acids is 2. The highest BCUT2D eigenvalue weighted by Gasteiger charge is 2.42. The SMILES string of the molecule is CC1=C(C)[N+](C)(C=O)C(=O)S1. The Balaban J connectivity index is 3.15. The molecule has 0 aromatic carbocycles. The summed E-state index contributed by atoms with van der Waals surface area (Å²) < 4.78 is -0.198. The summed E-state index contributed by atoms with van der Waals surface area (Å²) >= 11 is 1.14. The van der Waals surface area contributed by atoms with Gasteiger partial charge in [0.05, 0.1) is 12.0 Å². The molecule has 1 aliphatic rings. The van der Waals surface area contributed by atoms with E-state index in [0.29, 0.717) is 6.41 Å². The van der Waals surface area contributed by atoms with Crippen LogP contribution >= 0.6 is 11.8 Å². The van der Waals surface area contributed by atoms with Crippen LogP contribution in [-0.2, 0) is 4.79 Å². The van der Waals surface area contributed by atoms with E-state index in [9.17, 15) is 9.59 Å². The molecule has 0 fully saturated rings. The zero-order valence-electron chi connectivity index (χ0n) is 6.75. The van der Waals surface area contributed by atoms with E-state index in [-0.39, 0.29) is 9.72 Å². The van der Waals surface area contributed by atoms with Crippen molar-refractivity contribution in [2.75, 3.05) is 7.05 Å². The minimum Gasteiger partial charge on any atom is -0.233 e. The largest absolute Gasteiger partial charge is 0.391 e. The van der Waals surface area contributed by atoms with Crippen LogP contribution in [0.25, 0.3) is 0 Å². The fraction of sp³-hybridized carbons (Fsp3) is 0.429. The molecule has 0 spiro atoms. The van der Waals surface area contributed by atoms with Crippen molar-refractivity contribution in [1.29, 1.82) is 0 Å². The average Bonchev–Trinajstić information content (AvgIpc) is 2.16. The lowest BCUT2D eigenvalue weighted by molar-refractivity contribution is -0.690. The minimum absolute atomic E-state index is 0.116. The van der Waals surface area contributed by atoms with E-state index in [1.54, 1.807) is 7.05 Å². The Bertz CT molecular complexity index is 259. The van der Waals surface area contributed by atoms with E-state index < -0.39 is 0 Å². The molecule has 1 unspecified atom stereocenters. The third-order valence-electron chi connectivity index (χ3n) is 2.04. The van der Waals surface area contributed by atoms with Gasteiger partial charge in [-0.15, -0.1) is 0 Å². The molecule has 2 amide bonds. The zero-order valence-corrected chi connectivity index (χ0v) is 7.57. The lowest BCUT2D eigenvalue weighted by atomic mass is 10.4. The molecule has 0 N–H and O–H groups in total. The highest BCUT2D eigenvalue weighted by Crippen LogP contribution is 2.37. The second kappa shape index (κ2) is 2.46. The standard InChI is InChI=1S/C7H10NO2S/c1-5-6(2)11-7(10)8(5,3)4-9/h4H,1-3H3/q+1. The van der Waals surface area contributed by atoms with Crippen molar-refractivity contribution in [1.82, 2.24) is 0 Å². The van der Waals surface area contributed by atoms with Crippen molar-refractivity contribution in [2.45, 2.75) is 13.8 Å². The van der Waals surface area contributed by atoms with Gasteiger partial charge in [-0.2, -0.15) is 4.48 Å². The Morgan fingerprint density at radius 1 is 1.45 bits per heavy atom. The van der Waals surface area contributed by atoms with Gasteiger partial charge >= 0.3 is 11.6 Å². The number of nitrogens with zero attached hydrogens (tertiary/aromatic N) is 1. The smallest absolute Gasteiger partial charge is 0.233 e. The van der Waals surface area contributed by atoms with Crippen LogP contribution in [0, 0.1) is 0 Å². The van der Waals surface area contributed by atoms with Crippen molar-refractivity contribution in [3.63, 3.8) is 0 Å². The molecular weight excluding hydrogens is 162 g/mol. The van der Waals surface area contributed by atoms with E-state index >= 15 is 0 Å². The molecule has 0 aromatic rings. The van der Waals surface area contributed by atoms with Gasteiger partial charge in [-0.25, -0.2) is 9.59 Å². The molecule has 4 heteroatoms. The summed E-state index contributed by atoms with van der Waals surface area (Å²) in [7, 11) is 1.61. The van der Waals surface area contributed by atoms with Crippen molar-refractivity contribution >= 4 is 23.4 Å². The number of allylic oxidation sites excluding steroid dienone is 2. The van der Waals surface area contributed by atoms with Crippen LogP contribution in [0.3, 0.4) is 0 Å². The summed E-state index contributed by atoms with van der Waals surface area (Å²) in [6.07, 6.45) is 0.668. The highest BCUT2D eigenvalue weighted by molar-refractivity contribution is 8.16. The maximum Gasteiger partial charge on any atom is 0.391 e. The first kappa shape index (κ1) is 8.49. The number of rotatable bonds is 1. The lowest BCUT2D eigenvalue weighted by Gasteiger charge is -2.16. The third-order valence-corrected chi connectivity index (χ3v) is 3.19. The second-order valence-corrected chi connectivity index (χ2v) is 3.86. The molecule has 1 aliphatic heterocycles. The van der Waals surface area contributed by atoms with Crippen molar-refractivity contribution < 1.29 is 14.1 Å². The van der Waals surface area contributed by atoms with Gasteiger partial charge in [0.15, 0.2) is 0 Å². The molecule has 1 rings (SSSR count). The Morgan fingerprint density at radius 3 is 2.18 bits per heavy atom. The fourth-order valence-corrected chi connectivity index (χ4v) is 1.85. The first-order chi connectivity index (χ1) is 5.02. The molecule has 11 heavy (non-hydrogen) atoms. The van der Waals surface area contributed by atoms with Crippen LogP contribution in [0.5, 0.6) is 0 Å². The van der Waals surface area contributed by atoms with Crippen LogP contribution in [0.15, 0.2) is 10.6 Å². The summed E-state index contributed by atoms with van der Waals surface area (Å²) in [5.74, 6) is 0. The maximum atomic E-state index is 11.2. The second-order valence-electron chi connectivity index (χ2n) is 2.69. The number of amides is 2. The molecule has 3 nitrogen and oxygen atoms in total. The number of hydrogen-bond donors (Lipinski definition) is 0. The maximum absolute atomic E-state index is 11.2. The van der Waals surface area contributed by atoms with Gasteiger partial charge in [-0.3, -0.25) is 0 Å². The third kappa shape index (κ3) is 1.02. The van der Waals surface area contributed by atoms with E-state index in [0.717, 1.165) is 22.4 Å². The van der Waals surface area contributed by atoms with Gasteiger partial charge in [0.1, 0.15) is 5.70 Å². The number of quaternary nitrogens is 1. The first-order valence-corrected chi connectivity index (χ1v) is 4.07. The Morgan fingerprint density at radius 2 is 2.00 bits per heavy atom. The molecule has 0 aliphatic carbocycles. The number of imide groups is 1. The van der Waals surface area contributed by atoms with Crippen LogP contribution in [0.4, 0.5) is 4.79 Å². The van der Waals surface area contributed by atoms with Gasteiger partial charge in [-0.1, -0.05) is 0 Å². The van der Waals surface area contributed by atoms with Crippen molar-refractivity contribution in [3.8, 4) is 0 Å². The number of carbonyl (C=O) groups is 2. The van der Waals surface area contributed by atoms with E-state index in [1.807, 2.05) is 13.8 Å². The summed E-state index contributed by atoms with van der Waals surface area (Å²) in [6, 6.07) is 0. The van der Waals surface area contributed by atoms with Crippen molar-refractivity contribution in [2.24, 2.45) is 0 Å². The van der Waals surface area contributed by atoms with Crippen molar-refractivity contribution in [3.05, 3.63) is 10.6 Å². The number of hydrogen-bond acceptors (Lipinski definition) is 3. The first-order valence-electron chi connectivity index (χ1n) is 3.25. The van der Waals surface area contributed by atoms with Crippen LogP contribution < -0.4 is 0 Å². The quantitative estimate of drug-likeness (QED) is 0.446. The lowest BCUT2D eigenvalue weighted by Crippen LogP contribution is -2.40. The Labute approximate surface area is 69.6 Å². The predicted molar refractivity (Wildman–Crippen MR) is 43.6 cm³/mol. The molecule has 1 atom stereocenters. The fourth-order valence-electron chi connectivity index (χ4n) is 0.886. The average molecular weight is 172 g/mol. The monoisotopic (exact) mass is 172 g/mol. The van der Waals surface area contributed by atoms with E-state index in [4.69, 9.17) is 0 Å². The topological polar surface area (TPSA) is 34.1 Å². The normalized spacial score (nSPS) is 31.4. The number of thioether (sulfide) groups is 1. The summed E-state index contributed by atoms with van der Waals surface area (Å²) in [5.41, 5.74) is 0.829. The minimum atomic E-state index is -0.198. The zero-order chi connectivity index (χ0) is 8.65. The van der Waals surface area contributed by atoms with Crippen LogP contribution in [0.1, 0.15) is 13.8 Å². The summed E-state index contributed by atoms with van der Waals surface area (Å²) in [5, 5.41) is -0.116. The van der Waals surface area contributed by atoms with E-state index in [1.165, 1.54) is 0 Å². The predicted octanol–water partition coefficient (Wildman–Crippen LogP) is 1.71. The van der Waals surface area contributed by atoms with Gasteiger partial charge < -0.3 is 0 Å². The summed E-state index contributed by atoms with van der Waals surface area (Å²) in [6.45, 7) is 3.66. The van der Waals surface area contributed by atoms with Gasteiger partial charge in [0.25, 0.3) is 0 Å². The molecule has 60 valence electrons. The van der Waals surface area contributed by atoms with E-state index in [2.05, 4.69) is 0 Å². The highest BCUT2D eigenvalue weighted by atomic mass is 32.2. The Hall–Kier alpha value is -0.610. The Kier molecular flexibility index (Phi) is 1.90. The molecule has 0 saturated heterocycles. The van der Waals surface area contributed by atoms with Gasteiger partial charge in [-0.05, 0) is 6.92 Å². The molecule has 0 bridgehead atoms. The van der Waals surface area contributed by atoms with Gasteiger partial charge in [0, 0.05) is 18.7 Å². The van der Waals surface area contributed by atoms with Gasteiger partial charge in [0.2, 0.25) is 0 Å². The van der Waals surface area contributed by atoms with Crippen LogP contribution in [-0.4, -0.2) is 23.2 Å². The molecule has 1 heterocycles. The molecule has 0 saturated carbocycles.